The van der Waals surface area contributed by atoms with Crippen LogP contribution in [0.3, 0.4) is 0 Å². The molecule has 13 heavy (non-hydrogen) atoms. The number of aryl methyl sites for hydroxylation is 1. The van der Waals surface area contributed by atoms with Crippen LogP contribution in [0.5, 0.6) is 0 Å². The van der Waals surface area contributed by atoms with E-state index in [0.717, 1.165) is 6.54 Å². The Hall–Kier alpha value is -1.57. The summed E-state index contributed by atoms with van der Waals surface area (Å²) in [6.45, 7) is 2.89. The molecule has 1 heterocycles. The van der Waals surface area contributed by atoms with Crippen LogP contribution in [0.2, 0.25) is 0 Å². The molecule has 0 aromatic heterocycles. The van der Waals surface area contributed by atoms with Gasteiger partial charge in [0.25, 0.3) is 0 Å². The van der Waals surface area contributed by atoms with Crippen molar-refractivity contribution in [2.75, 3.05) is 11.4 Å². The fraction of sp³-hybridized carbons (Fsp3) is 0.182. The van der Waals surface area contributed by atoms with Gasteiger partial charge in [-0.3, -0.25) is 4.99 Å². The molecule has 1 aromatic rings. The molecule has 66 valence electrons. The molecular weight excluding hydrogens is 160 g/mol. The summed E-state index contributed by atoms with van der Waals surface area (Å²) in [6, 6.07) is 8.37. The Bertz CT molecular complexity index is 341. The lowest BCUT2D eigenvalue weighted by atomic mass is 10.2. The summed E-state index contributed by atoms with van der Waals surface area (Å²) in [6.07, 6.45) is 5.94. The molecule has 0 saturated heterocycles. The van der Waals surface area contributed by atoms with Gasteiger partial charge in [0, 0.05) is 11.9 Å². The molecule has 1 aliphatic heterocycles. The second kappa shape index (κ2) is 3.44. The van der Waals surface area contributed by atoms with Gasteiger partial charge >= 0.3 is 0 Å². The standard InChI is InChI=1S/C11H12N2/c1-10-4-2-5-11(8-10)13-7-3-6-12-9-13/h2-5,7-9H,6H2,1H3. The molecule has 0 bridgehead atoms. The third kappa shape index (κ3) is 1.78. The molecular formula is C11H12N2. The van der Waals surface area contributed by atoms with Gasteiger partial charge in [0.05, 0.1) is 12.9 Å². The zero-order chi connectivity index (χ0) is 9.10. The number of rotatable bonds is 1. The van der Waals surface area contributed by atoms with Gasteiger partial charge in [-0.1, -0.05) is 12.1 Å². The van der Waals surface area contributed by atoms with E-state index in [-0.39, 0.29) is 0 Å². The second-order valence-electron chi connectivity index (χ2n) is 3.11. The van der Waals surface area contributed by atoms with Gasteiger partial charge < -0.3 is 4.90 Å². The van der Waals surface area contributed by atoms with Crippen LogP contribution in [-0.2, 0) is 0 Å². The van der Waals surface area contributed by atoms with Crippen LogP contribution in [0.25, 0.3) is 0 Å². The van der Waals surface area contributed by atoms with E-state index in [2.05, 4.69) is 36.2 Å². The van der Waals surface area contributed by atoms with Crippen molar-refractivity contribution in [1.29, 1.82) is 0 Å². The van der Waals surface area contributed by atoms with E-state index in [9.17, 15) is 0 Å². The number of aliphatic imine (C=N–C) groups is 1. The fourth-order valence-corrected chi connectivity index (χ4v) is 1.34. The maximum atomic E-state index is 4.18. The Labute approximate surface area is 78.2 Å². The van der Waals surface area contributed by atoms with Gasteiger partial charge in [-0.25, -0.2) is 0 Å². The van der Waals surface area contributed by atoms with Crippen LogP contribution in [0.15, 0.2) is 41.5 Å². The van der Waals surface area contributed by atoms with E-state index in [1.165, 1.54) is 11.3 Å². The average Bonchev–Trinajstić information content (AvgIpc) is 2.19. The Morgan fingerprint density at radius 3 is 3.00 bits per heavy atom. The minimum absolute atomic E-state index is 0.794. The smallest absolute Gasteiger partial charge is 0.0939 e. The lowest BCUT2D eigenvalue weighted by Gasteiger charge is -2.17. The maximum Gasteiger partial charge on any atom is 0.0939 e. The first-order valence-corrected chi connectivity index (χ1v) is 4.38. The quantitative estimate of drug-likeness (QED) is 0.635. The Kier molecular flexibility index (Phi) is 2.13. The van der Waals surface area contributed by atoms with Crippen LogP contribution < -0.4 is 4.90 Å². The summed E-state index contributed by atoms with van der Waals surface area (Å²) >= 11 is 0. The van der Waals surface area contributed by atoms with Crippen LogP contribution in [0, 0.1) is 6.92 Å². The summed E-state index contributed by atoms with van der Waals surface area (Å²) in [5.74, 6) is 0. The summed E-state index contributed by atoms with van der Waals surface area (Å²) in [7, 11) is 0. The summed E-state index contributed by atoms with van der Waals surface area (Å²) in [4.78, 5) is 6.20. The fourth-order valence-electron chi connectivity index (χ4n) is 1.34. The SMILES string of the molecule is Cc1cccc(N2C=CCN=C2)c1. The van der Waals surface area contributed by atoms with E-state index in [0.29, 0.717) is 0 Å². The molecule has 0 amide bonds. The van der Waals surface area contributed by atoms with Crippen molar-refractivity contribution in [3.05, 3.63) is 42.1 Å². The minimum Gasteiger partial charge on any atom is -0.308 e. The molecule has 0 unspecified atom stereocenters. The highest BCUT2D eigenvalue weighted by atomic mass is 15.1. The molecule has 0 fully saturated rings. The number of nitrogens with zero attached hydrogens (tertiary/aromatic N) is 2. The largest absolute Gasteiger partial charge is 0.308 e. The van der Waals surface area contributed by atoms with Gasteiger partial charge in [0.2, 0.25) is 0 Å². The first-order chi connectivity index (χ1) is 6.36. The average molecular weight is 172 g/mol. The van der Waals surface area contributed by atoms with Crippen molar-refractivity contribution in [2.45, 2.75) is 6.92 Å². The van der Waals surface area contributed by atoms with Gasteiger partial charge in [-0.05, 0) is 30.7 Å². The Morgan fingerprint density at radius 2 is 2.31 bits per heavy atom. The Balaban J connectivity index is 2.29. The van der Waals surface area contributed by atoms with E-state index >= 15 is 0 Å². The first kappa shape index (κ1) is 8.05. The lowest BCUT2D eigenvalue weighted by molar-refractivity contribution is 1.17. The van der Waals surface area contributed by atoms with E-state index in [1.807, 2.05) is 23.5 Å². The van der Waals surface area contributed by atoms with Crippen molar-refractivity contribution >= 4 is 12.0 Å². The first-order valence-electron chi connectivity index (χ1n) is 4.38. The van der Waals surface area contributed by atoms with Crippen molar-refractivity contribution in [3.63, 3.8) is 0 Å². The molecule has 2 nitrogen and oxygen atoms in total. The monoisotopic (exact) mass is 172 g/mol. The predicted molar refractivity (Wildman–Crippen MR) is 56.2 cm³/mol. The van der Waals surface area contributed by atoms with E-state index in [1.54, 1.807) is 0 Å². The summed E-state index contributed by atoms with van der Waals surface area (Å²) in [5.41, 5.74) is 2.43. The molecule has 0 aliphatic carbocycles. The van der Waals surface area contributed by atoms with E-state index < -0.39 is 0 Å². The molecule has 2 heteroatoms. The third-order valence-electron chi connectivity index (χ3n) is 1.98. The lowest BCUT2D eigenvalue weighted by Crippen LogP contribution is -2.16. The van der Waals surface area contributed by atoms with Crippen LogP contribution >= 0.6 is 0 Å². The summed E-state index contributed by atoms with van der Waals surface area (Å²) < 4.78 is 0. The van der Waals surface area contributed by atoms with Gasteiger partial charge in [-0.15, -0.1) is 0 Å². The zero-order valence-electron chi connectivity index (χ0n) is 7.64. The molecule has 0 spiro atoms. The van der Waals surface area contributed by atoms with Crippen molar-refractivity contribution in [2.24, 2.45) is 4.99 Å². The highest BCUT2D eigenvalue weighted by Crippen LogP contribution is 2.15. The molecule has 1 aliphatic rings. The molecule has 0 atom stereocenters. The van der Waals surface area contributed by atoms with Crippen molar-refractivity contribution in [1.82, 2.24) is 0 Å². The predicted octanol–water partition coefficient (Wildman–Crippen LogP) is 2.36. The topological polar surface area (TPSA) is 15.6 Å². The van der Waals surface area contributed by atoms with Crippen LogP contribution in [0.4, 0.5) is 5.69 Å². The number of hydrogen-bond acceptors (Lipinski definition) is 2. The molecule has 1 aromatic carbocycles. The van der Waals surface area contributed by atoms with Gasteiger partial charge in [-0.2, -0.15) is 0 Å². The van der Waals surface area contributed by atoms with E-state index in [4.69, 9.17) is 0 Å². The molecule has 0 radical (unpaired) electrons. The molecule has 0 N–H and O–H groups in total. The zero-order valence-corrected chi connectivity index (χ0v) is 7.64. The second-order valence-corrected chi connectivity index (χ2v) is 3.11. The minimum atomic E-state index is 0.794. The van der Waals surface area contributed by atoms with Crippen LogP contribution in [-0.4, -0.2) is 12.9 Å². The highest BCUT2D eigenvalue weighted by Gasteiger charge is 2.01. The molecule has 2 rings (SSSR count). The third-order valence-corrected chi connectivity index (χ3v) is 1.98. The molecule has 0 saturated carbocycles. The number of benzene rings is 1. The number of hydrogen-bond donors (Lipinski definition) is 0. The van der Waals surface area contributed by atoms with Crippen molar-refractivity contribution in [3.8, 4) is 0 Å². The maximum absolute atomic E-state index is 4.18. The van der Waals surface area contributed by atoms with Gasteiger partial charge in [0.15, 0.2) is 0 Å². The number of anilines is 1. The van der Waals surface area contributed by atoms with Crippen LogP contribution in [0.1, 0.15) is 5.56 Å². The normalized spacial score (nSPS) is 15.0. The highest BCUT2D eigenvalue weighted by molar-refractivity contribution is 5.82. The Morgan fingerprint density at radius 1 is 1.38 bits per heavy atom. The van der Waals surface area contributed by atoms with Crippen molar-refractivity contribution < 1.29 is 0 Å². The summed E-state index contributed by atoms with van der Waals surface area (Å²) in [5, 5.41) is 0. The van der Waals surface area contributed by atoms with Gasteiger partial charge in [0.1, 0.15) is 0 Å².